The number of carbonyl (C=O) groups is 1. The lowest BCUT2D eigenvalue weighted by atomic mass is 10.0. The van der Waals surface area contributed by atoms with Crippen molar-refractivity contribution in [3.05, 3.63) is 29.5 Å². The van der Waals surface area contributed by atoms with Crippen molar-refractivity contribution in [2.24, 2.45) is 11.7 Å². The van der Waals surface area contributed by atoms with E-state index in [9.17, 15) is 13.2 Å². The highest BCUT2D eigenvalue weighted by Crippen LogP contribution is 2.31. The molecule has 26 heavy (non-hydrogen) atoms. The number of ether oxygens (including phenoxy) is 1. The molecule has 2 heterocycles. The van der Waals surface area contributed by atoms with Crippen molar-refractivity contribution >= 4 is 27.0 Å². The summed E-state index contributed by atoms with van der Waals surface area (Å²) in [5, 5.41) is 0.595. The van der Waals surface area contributed by atoms with Crippen molar-refractivity contribution in [2.45, 2.75) is 38.1 Å². The van der Waals surface area contributed by atoms with E-state index in [1.807, 2.05) is 6.92 Å². The topological polar surface area (TPSA) is 103 Å². The summed E-state index contributed by atoms with van der Waals surface area (Å²) in [7, 11) is -3.61. The number of nitrogens with two attached hydrogens (primary N) is 1. The molecule has 3 rings (SSSR count). The molecule has 0 saturated carbocycles. The van der Waals surface area contributed by atoms with E-state index >= 15 is 0 Å². The number of carbonyl (C=O) groups excluding carboxylic acids is 1. The van der Waals surface area contributed by atoms with Gasteiger partial charge in [0, 0.05) is 30.1 Å². The van der Waals surface area contributed by atoms with E-state index in [2.05, 4.69) is 0 Å². The van der Waals surface area contributed by atoms with Gasteiger partial charge in [-0.1, -0.05) is 0 Å². The number of benzene rings is 1. The van der Waals surface area contributed by atoms with Gasteiger partial charge in [-0.3, -0.25) is 0 Å². The second-order valence-electron chi connectivity index (χ2n) is 6.71. The van der Waals surface area contributed by atoms with Crippen LogP contribution in [0.4, 0.5) is 0 Å². The maximum Gasteiger partial charge on any atom is 0.374 e. The summed E-state index contributed by atoms with van der Waals surface area (Å²) < 4.78 is 37.9. The highest BCUT2D eigenvalue weighted by atomic mass is 32.2. The molecular weight excluding hydrogens is 356 g/mol. The molecule has 1 aromatic heterocycles. The molecule has 0 bridgehead atoms. The Morgan fingerprint density at radius 2 is 2.19 bits per heavy atom. The van der Waals surface area contributed by atoms with Crippen LogP contribution in [0.25, 0.3) is 11.0 Å². The van der Waals surface area contributed by atoms with Crippen LogP contribution in [0.3, 0.4) is 0 Å². The Morgan fingerprint density at radius 3 is 2.81 bits per heavy atom. The first-order valence-corrected chi connectivity index (χ1v) is 10.2. The molecule has 7 nitrogen and oxygen atoms in total. The summed E-state index contributed by atoms with van der Waals surface area (Å²) in [6.07, 6.45) is 0.761. The van der Waals surface area contributed by atoms with Crippen LogP contribution in [-0.2, 0) is 14.8 Å². The molecule has 1 aliphatic heterocycles. The molecule has 2 N–H and O–H groups in total. The van der Waals surface area contributed by atoms with Gasteiger partial charge in [-0.2, -0.15) is 4.31 Å². The van der Waals surface area contributed by atoms with Crippen LogP contribution in [0.1, 0.15) is 36.4 Å². The standard InChI is InChI=1S/C18H24N2O5S/c1-4-24-18(21)17-11(2)15-9-14(5-6-16(15)25-17)26(22,23)20-8-7-13(10-20)12(3)19/h5-6,9,12-13H,4,7-8,10,19H2,1-3H3. The number of aryl methyl sites for hydroxylation is 1. The zero-order valence-corrected chi connectivity index (χ0v) is 16.0. The van der Waals surface area contributed by atoms with Gasteiger partial charge in [0.2, 0.25) is 15.8 Å². The van der Waals surface area contributed by atoms with Crippen molar-refractivity contribution in [3.63, 3.8) is 0 Å². The van der Waals surface area contributed by atoms with E-state index in [-0.39, 0.29) is 29.2 Å². The van der Waals surface area contributed by atoms with E-state index < -0.39 is 16.0 Å². The number of rotatable bonds is 5. The van der Waals surface area contributed by atoms with Gasteiger partial charge in [-0.25, -0.2) is 13.2 Å². The second kappa shape index (κ2) is 7.02. The maximum absolute atomic E-state index is 13.0. The number of esters is 1. The molecule has 142 valence electrons. The fourth-order valence-electron chi connectivity index (χ4n) is 3.30. The van der Waals surface area contributed by atoms with Crippen LogP contribution in [-0.4, -0.2) is 44.4 Å². The van der Waals surface area contributed by atoms with E-state index in [1.165, 1.54) is 10.4 Å². The van der Waals surface area contributed by atoms with E-state index in [0.29, 0.717) is 29.6 Å². The largest absolute Gasteiger partial charge is 0.460 e. The number of furan rings is 1. The Labute approximate surface area is 153 Å². The number of hydrogen-bond donors (Lipinski definition) is 1. The maximum atomic E-state index is 13.0. The highest BCUT2D eigenvalue weighted by molar-refractivity contribution is 7.89. The summed E-state index contributed by atoms with van der Waals surface area (Å²) in [4.78, 5) is 12.2. The minimum Gasteiger partial charge on any atom is -0.460 e. The normalized spacial score (nSPS) is 19.8. The lowest BCUT2D eigenvalue weighted by Crippen LogP contribution is -2.33. The molecule has 8 heteroatoms. The quantitative estimate of drug-likeness (QED) is 0.798. The average molecular weight is 380 g/mol. The van der Waals surface area contributed by atoms with Gasteiger partial charge in [0.25, 0.3) is 0 Å². The smallest absolute Gasteiger partial charge is 0.374 e. The lowest BCUT2D eigenvalue weighted by Gasteiger charge is -2.18. The Morgan fingerprint density at radius 1 is 1.46 bits per heavy atom. The first-order valence-electron chi connectivity index (χ1n) is 8.71. The summed E-state index contributed by atoms with van der Waals surface area (Å²) in [5.41, 5.74) is 6.95. The van der Waals surface area contributed by atoms with Crippen molar-refractivity contribution in [2.75, 3.05) is 19.7 Å². The molecule has 1 fully saturated rings. The van der Waals surface area contributed by atoms with Gasteiger partial charge in [-0.15, -0.1) is 0 Å². The number of nitrogens with zero attached hydrogens (tertiary/aromatic N) is 1. The van der Waals surface area contributed by atoms with Gasteiger partial charge in [0.1, 0.15) is 5.58 Å². The summed E-state index contributed by atoms with van der Waals surface area (Å²) in [6.45, 7) is 6.47. The Hall–Kier alpha value is -1.90. The molecule has 1 aliphatic rings. The molecule has 0 radical (unpaired) electrons. The molecule has 0 amide bonds. The Bertz CT molecular complexity index is 932. The fraction of sp³-hybridized carbons (Fsp3) is 0.500. The molecule has 0 spiro atoms. The zero-order chi connectivity index (χ0) is 19.1. The molecule has 2 aromatic rings. The van der Waals surface area contributed by atoms with Crippen LogP contribution in [0.5, 0.6) is 0 Å². The fourth-order valence-corrected chi connectivity index (χ4v) is 4.84. The highest BCUT2D eigenvalue weighted by Gasteiger charge is 2.34. The molecule has 0 aliphatic carbocycles. The van der Waals surface area contributed by atoms with E-state index in [4.69, 9.17) is 14.9 Å². The van der Waals surface area contributed by atoms with Gasteiger partial charge < -0.3 is 14.9 Å². The van der Waals surface area contributed by atoms with E-state index in [0.717, 1.165) is 6.42 Å². The summed E-state index contributed by atoms with van der Waals surface area (Å²) in [6, 6.07) is 4.61. The molecule has 2 atom stereocenters. The van der Waals surface area contributed by atoms with Crippen LogP contribution in [0, 0.1) is 12.8 Å². The van der Waals surface area contributed by atoms with Crippen LogP contribution >= 0.6 is 0 Å². The van der Waals surface area contributed by atoms with Crippen LogP contribution in [0.2, 0.25) is 0 Å². The van der Waals surface area contributed by atoms with Crippen LogP contribution < -0.4 is 5.73 Å². The first-order chi connectivity index (χ1) is 12.3. The van der Waals surface area contributed by atoms with E-state index in [1.54, 1.807) is 26.0 Å². The van der Waals surface area contributed by atoms with Crippen molar-refractivity contribution in [3.8, 4) is 0 Å². The first kappa shape index (κ1) is 18.9. The second-order valence-corrected chi connectivity index (χ2v) is 8.64. The van der Waals surface area contributed by atoms with Gasteiger partial charge in [0.05, 0.1) is 11.5 Å². The number of sulfonamides is 1. The van der Waals surface area contributed by atoms with Gasteiger partial charge in [-0.05, 0) is 51.3 Å². The monoisotopic (exact) mass is 380 g/mol. The SMILES string of the molecule is CCOC(=O)c1oc2ccc(S(=O)(=O)N3CCC(C(C)N)C3)cc2c1C. The number of fused-ring (bicyclic) bond motifs is 1. The van der Waals surface area contributed by atoms with Gasteiger partial charge in [0.15, 0.2) is 0 Å². The Balaban J connectivity index is 1.96. The van der Waals surface area contributed by atoms with Crippen LogP contribution in [0.15, 0.2) is 27.5 Å². The third-order valence-corrected chi connectivity index (χ3v) is 6.80. The number of hydrogen-bond acceptors (Lipinski definition) is 6. The molecular formula is C18H24N2O5S. The molecule has 1 saturated heterocycles. The van der Waals surface area contributed by atoms with Crippen molar-refractivity contribution < 1.29 is 22.4 Å². The molecule has 1 aromatic carbocycles. The predicted molar refractivity (Wildman–Crippen MR) is 97.4 cm³/mol. The van der Waals surface area contributed by atoms with Gasteiger partial charge >= 0.3 is 5.97 Å². The Kier molecular flexibility index (Phi) is 5.09. The zero-order valence-electron chi connectivity index (χ0n) is 15.2. The minimum absolute atomic E-state index is 0.0408. The lowest BCUT2D eigenvalue weighted by molar-refractivity contribution is 0.0491. The van der Waals surface area contributed by atoms with Crippen molar-refractivity contribution in [1.82, 2.24) is 4.31 Å². The third kappa shape index (κ3) is 3.24. The summed E-state index contributed by atoms with van der Waals surface area (Å²) >= 11 is 0. The average Bonchev–Trinajstić information content (AvgIpc) is 3.21. The van der Waals surface area contributed by atoms with Crippen molar-refractivity contribution in [1.29, 1.82) is 0 Å². The summed E-state index contributed by atoms with van der Waals surface area (Å²) in [5.74, 6) is -0.279. The predicted octanol–water partition coefficient (Wildman–Crippen LogP) is 2.28. The molecule has 2 unspecified atom stereocenters. The minimum atomic E-state index is -3.61. The third-order valence-electron chi connectivity index (χ3n) is 4.94.